The van der Waals surface area contributed by atoms with E-state index in [0.29, 0.717) is 5.56 Å². The third kappa shape index (κ3) is 3.29. The highest BCUT2D eigenvalue weighted by atomic mass is 16.3. The lowest BCUT2D eigenvalue weighted by Crippen LogP contribution is -2.33. The number of carbonyl (C=O) groups excluding carboxylic acids is 1. The second-order valence-corrected chi connectivity index (χ2v) is 4.95. The SMILES string of the molecule is CCn1ncc(C(=O)N[C@@H](C)CCc2ccco2)c1C. The summed E-state index contributed by atoms with van der Waals surface area (Å²) in [6.07, 6.45) is 4.97. The summed E-state index contributed by atoms with van der Waals surface area (Å²) in [6.45, 7) is 6.69. The zero-order valence-electron chi connectivity index (χ0n) is 12.2. The van der Waals surface area contributed by atoms with Crippen molar-refractivity contribution in [1.29, 1.82) is 0 Å². The maximum absolute atomic E-state index is 12.2. The van der Waals surface area contributed by atoms with E-state index in [1.54, 1.807) is 12.5 Å². The van der Waals surface area contributed by atoms with Gasteiger partial charge in [0.2, 0.25) is 0 Å². The van der Waals surface area contributed by atoms with Gasteiger partial charge >= 0.3 is 0 Å². The number of hydrogen-bond donors (Lipinski definition) is 1. The molecule has 2 aromatic rings. The summed E-state index contributed by atoms with van der Waals surface area (Å²) in [5.74, 6) is 0.884. The first-order chi connectivity index (χ1) is 9.61. The van der Waals surface area contributed by atoms with Crippen LogP contribution in [0.3, 0.4) is 0 Å². The van der Waals surface area contributed by atoms with Crippen LogP contribution >= 0.6 is 0 Å². The zero-order chi connectivity index (χ0) is 14.5. The molecule has 108 valence electrons. The van der Waals surface area contributed by atoms with E-state index in [1.807, 2.05) is 37.6 Å². The minimum atomic E-state index is -0.0610. The van der Waals surface area contributed by atoms with Gasteiger partial charge in [0, 0.05) is 24.7 Å². The van der Waals surface area contributed by atoms with E-state index in [9.17, 15) is 4.79 Å². The lowest BCUT2D eigenvalue weighted by Gasteiger charge is -2.13. The second-order valence-electron chi connectivity index (χ2n) is 4.95. The van der Waals surface area contributed by atoms with Crippen LogP contribution in [0, 0.1) is 6.92 Å². The highest BCUT2D eigenvalue weighted by molar-refractivity contribution is 5.95. The van der Waals surface area contributed by atoms with Gasteiger partial charge in [0.25, 0.3) is 5.91 Å². The van der Waals surface area contributed by atoms with Gasteiger partial charge in [-0.3, -0.25) is 9.48 Å². The lowest BCUT2D eigenvalue weighted by atomic mass is 10.1. The Bertz CT molecular complexity index is 558. The second kappa shape index (κ2) is 6.41. The molecule has 5 nitrogen and oxygen atoms in total. The number of nitrogens with zero attached hydrogens (tertiary/aromatic N) is 2. The predicted octanol–water partition coefficient (Wildman–Crippen LogP) is 2.56. The molecule has 0 aliphatic heterocycles. The van der Waals surface area contributed by atoms with Crippen LogP contribution in [0.15, 0.2) is 29.0 Å². The fraction of sp³-hybridized carbons (Fsp3) is 0.467. The molecule has 0 spiro atoms. The molecule has 0 aromatic carbocycles. The molecule has 0 radical (unpaired) electrons. The van der Waals surface area contributed by atoms with Crippen molar-refractivity contribution in [3.8, 4) is 0 Å². The molecular formula is C15H21N3O2. The van der Waals surface area contributed by atoms with Crippen molar-refractivity contribution in [2.75, 3.05) is 0 Å². The van der Waals surface area contributed by atoms with Crippen molar-refractivity contribution < 1.29 is 9.21 Å². The normalized spacial score (nSPS) is 12.3. The molecule has 0 bridgehead atoms. The minimum Gasteiger partial charge on any atom is -0.469 e. The molecule has 5 heteroatoms. The first kappa shape index (κ1) is 14.4. The minimum absolute atomic E-state index is 0.0610. The standard InChI is InChI=1S/C15H21N3O2/c1-4-18-12(3)14(10-16-18)15(19)17-11(2)7-8-13-6-5-9-20-13/h5-6,9-11H,4,7-8H2,1-3H3,(H,17,19)/t11-/m0/s1. The molecule has 0 unspecified atom stereocenters. The van der Waals surface area contributed by atoms with Gasteiger partial charge in [-0.2, -0.15) is 5.10 Å². The van der Waals surface area contributed by atoms with Crippen LogP contribution < -0.4 is 5.32 Å². The van der Waals surface area contributed by atoms with Crippen molar-refractivity contribution in [3.63, 3.8) is 0 Å². The average Bonchev–Trinajstić information content (AvgIpc) is 3.05. The maximum Gasteiger partial charge on any atom is 0.254 e. The van der Waals surface area contributed by atoms with Crippen LogP contribution in [0.5, 0.6) is 0 Å². The number of aromatic nitrogens is 2. The van der Waals surface area contributed by atoms with Crippen LogP contribution in [0.25, 0.3) is 0 Å². The Morgan fingerprint density at radius 1 is 1.55 bits per heavy atom. The van der Waals surface area contributed by atoms with Crippen LogP contribution in [0.2, 0.25) is 0 Å². The largest absolute Gasteiger partial charge is 0.469 e. The Morgan fingerprint density at radius 3 is 2.95 bits per heavy atom. The molecule has 20 heavy (non-hydrogen) atoms. The van der Waals surface area contributed by atoms with E-state index in [2.05, 4.69) is 10.4 Å². The maximum atomic E-state index is 12.2. The molecule has 0 fully saturated rings. The third-order valence-corrected chi connectivity index (χ3v) is 3.43. The monoisotopic (exact) mass is 275 g/mol. The predicted molar refractivity (Wildman–Crippen MR) is 76.6 cm³/mol. The van der Waals surface area contributed by atoms with Crippen molar-refractivity contribution in [1.82, 2.24) is 15.1 Å². The molecule has 2 aromatic heterocycles. The van der Waals surface area contributed by atoms with Gasteiger partial charge < -0.3 is 9.73 Å². The Kier molecular flexibility index (Phi) is 4.61. The number of furan rings is 1. The first-order valence-electron chi connectivity index (χ1n) is 6.97. The van der Waals surface area contributed by atoms with E-state index in [-0.39, 0.29) is 11.9 Å². The molecule has 1 amide bonds. The third-order valence-electron chi connectivity index (χ3n) is 3.43. The Morgan fingerprint density at radius 2 is 2.35 bits per heavy atom. The molecule has 0 saturated carbocycles. The van der Waals surface area contributed by atoms with Crippen molar-refractivity contribution in [2.24, 2.45) is 0 Å². The average molecular weight is 275 g/mol. The number of aryl methyl sites for hydroxylation is 2. The summed E-state index contributed by atoms with van der Waals surface area (Å²) in [5.41, 5.74) is 1.56. The molecule has 2 rings (SSSR count). The summed E-state index contributed by atoms with van der Waals surface area (Å²) in [6, 6.07) is 3.92. The molecule has 1 atom stereocenters. The quantitative estimate of drug-likeness (QED) is 0.881. The number of carbonyl (C=O) groups is 1. The van der Waals surface area contributed by atoms with E-state index < -0.39 is 0 Å². The zero-order valence-corrected chi connectivity index (χ0v) is 12.2. The van der Waals surface area contributed by atoms with Gasteiger partial charge in [-0.05, 0) is 39.3 Å². The van der Waals surface area contributed by atoms with Crippen molar-refractivity contribution >= 4 is 5.91 Å². The van der Waals surface area contributed by atoms with Gasteiger partial charge in [-0.1, -0.05) is 0 Å². The fourth-order valence-corrected chi connectivity index (χ4v) is 2.18. The van der Waals surface area contributed by atoms with Crippen LogP contribution in [0.1, 0.15) is 42.1 Å². The molecule has 2 heterocycles. The van der Waals surface area contributed by atoms with Crippen molar-refractivity contribution in [3.05, 3.63) is 41.6 Å². The van der Waals surface area contributed by atoms with E-state index in [0.717, 1.165) is 30.8 Å². The number of amides is 1. The summed E-state index contributed by atoms with van der Waals surface area (Å²) in [4.78, 5) is 12.2. The Labute approximate surface area is 119 Å². The van der Waals surface area contributed by atoms with Crippen LogP contribution in [0.4, 0.5) is 0 Å². The molecule has 0 aliphatic rings. The van der Waals surface area contributed by atoms with Crippen molar-refractivity contribution in [2.45, 2.75) is 46.2 Å². The molecule has 1 N–H and O–H groups in total. The lowest BCUT2D eigenvalue weighted by molar-refractivity contribution is 0.0937. The summed E-state index contributed by atoms with van der Waals surface area (Å²) in [7, 11) is 0. The topological polar surface area (TPSA) is 60.1 Å². The molecule has 0 aliphatic carbocycles. The van der Waals surface area contributed by atoms with E-state index >= 15 is 0 Å². The van der Waals surface area contributed by atoms with Gasteiger partial charge in [0.15, 0.2) is 0 Å². The number of hydrogen-bond acceptors (Lipinski definition) is 3. The Balaban J connectivity index is 1.88. The molecular weight excluding hydrogens is 254 g/mol. The summed E-state index contributed by atoms with van der Waals surface area (Å²) in [5, 5.41) is 7.19. The van der Waals surface area contributed by atoms with E-state index in [4.69, 9.17) is 4.42 Å². The van der Waals surface area contributed by atoms with Crippen LogP contribution in [-0.4, -0.2) is 21.7 Å². The van der Waals surface area contributed by atoms with Gasteiger partial charge in [-0.25, -0.2) is 0 Å². The van der Waals surface area contributed by atoms with E-state index in [1.165, 1.54) is 0 Å². The smallest absolute Gasteiger partial charge is 0.254 e. The summed E-state index contributed by atoms with van der Waals surface area (Å²) < 4.78 is 7.11. The van der Waals surface area contributed by atoms with Gasteiger partial charge in [0.1, 0.15) is 5.76 Å². The van der Waals surface area contributed by atoms with Gasteiger partial charge in [-0.15, -0.1) is 0 Å². The highest BCUT2D eigenvalue weighted by Gasteiger charge is 2.15. The van der Waals surface area contributed by atoms with Gasteiger partial charge in [0.05, 0.1) is 18.0 Å². The summed E-state index contributed by atoms with van der Waals surface area (Å²) >= 11 is 0. The highest BCUT2D eigenvalue weighted by Crippen LogP contribution is 2.09. The first-order valence-corrected chi connectivity index (χ1v) is 6.97. The Hall–Kier alpha value is -2.04. The van der Waals surface area contributed by atoms with Crippen LogP contribution in [-0.2, 0) is 13.0 Å². The number of rotatable bonds is 6. The number of nitrogens with one attached hydrogen (secondary N) is 1. The molecule has 0 saturated heterocycles. The fourth-order valence-electron chi connectivity index (χ4n) is 2.18.